The van der Waals surface area contributed by atoms with Crippen molar-refractivity contribution in [2.75, 3.05) is 5.32 Å². The first-order valence-electron chi connectivity index (χ1n) is 7.92. The SMILES string of the molecule is CC(C)S(=O)(=O)c1cccc(C(=O)Nc2nnc(-c3ccccc3)o2)c1. The van der Waals surface area contributed by atoms with Crippen LogP contribution in [-0.4, -0.2) is 29.8 Å². The summed E-state index contributed by atoms with van der Waals surface area (Å²) in [6, 6.07) is 14.9. The maximum atomic E-state index is 12.4. The highest BCUT2D eigenvalue weighted by molar-refractivity contribution is 7.92. The summed E-state index contributed by atoms with van der Waals surface area (Å²) in [7, 11) is -3.47. The fourth-order valence-electron chi connectivity index (χ4n) is 2.23. The van der Waals surface area contributed by atoms with Crippen molar-refractivity contribution in [3.8, 4) is 11.5 Å². The van der Waals surface area contributed by atoms with E-state index in [9.17, 15) is 13.2 Å². The molecule has 0 spiro atoms. The number of nitrogens with one attached hydrogen (secondary N) is 1. The van der Waals surface area contributed by atoms with Crippen molar-refractivity contribution in [2.45, 2.75) is 24.0 Å². The summed E-state index contributed by atoms with van der Waals surface area (Å²) in [4.78, 5) is 12.5. The molecule has 3 aromatic rings. The molecule has 0 aliphatic heterocycles. The molecule has 2 aromatic carbocycles. The third-order valence-corrected chi connectivity index (χ3v) is 5.86. The van der Waals surface area contributed by atoms with E-state index in [1.165, 1.54) is 24.3 Å². The van der Waals surface area contributed by atoms with E-state index in [2.05, 4.69) is 15.5 Å². The molecule has 26 heavy (non-hydrogen) atoms. The van der Waals surface area contributed by atoms with Gasteiger partial charge in [0.25, 0.3) is 5.91 Å². The highest BCUT2D eigenvalue weighted by Gasteiger charge is 2.21. The lowest BCUT2D eigenvalue weighted by molar-refractivity contribution is 0.102. The average Bonchev–Trinajstić information content (AvgIpc) is 3.11. The van der Waals surface area contributed by atoms with Crippen molar-refractivity contribution in [2.24, 2.45) is 0 Å². The molecule has 0 saturated carbocycles. The van der Waals surface area contributed by atoms with Gasteiger partial charge < -0.3 is 4.42 Å². The van der Waals surface area contributed by atoms with Crippen molar-refractivity contribution in [3.63, 3.8) is 0 Å². The van der Waals surface area contributed by atoms with E-state index in [-0.39, 0.29) is 22.4 Å². The number of carbonyl (C=O) groups is 1. The van der Waals surface area contributed by atoms with Crippen molar-refractivity contribution in [3.05, 3.63) is 60.2 Å². The fraction of sp³-hybridized carbons (Fsp3) is 0.167. The molecule has 1 aromatic heterocycles. The molecular weight excluding hydrogens is 354 g/mol. The van der Waals surface area contributed by atoms with E-state index in [4.69, 9.17) is 4.42 Å². The summed E-state index contributed by atoms with van der Waals surface area (Å²) < 4.78 is 29.9. The van der Waals surface area contributed by atoms with Gasteiger partial charge in [0.05, 0.1) is 10.1 Å². The van der Waals surface area contributed by atoms with Crippen LogP contribution in [0.1, 0.15) is 24.2 Å². The molecule has 7 nitrogen and oxygen atoms in total. The number of amides is 1. The Labute approximate surface area is 151 Å². The first kappa shape index (κ1) is 17.8. The van der Waals surface area contributed by atoms with Gasteiger partial charge in [-0.2, -0.15) is 0 Å². The highest BCUT2D eigenvalue weighted by Crippen LogP contribution is 2.21. The van der Waals surface area contributed by atoms with Gasteiger partial charge in [-0.05, 0) is 44.2 Å². The van der Waals surface area contributed by atoms with Gasteiger partial charge in [0.15, 0.2) is 9.84 Å². The smallest absolute Gasteiger partial charge is 0.322 e. The van der Waals surface area contributed by atoms with Crippen molar-refractivity contribution >= 4 is 21.8 Å². The molecule has 0 saturated heterocycles. The summed E-state index contributed by atoms with van der Waals surface area (Å²) in [6.45, 7) is 3.18. The molecule has 0 fully saturated rings. The number of nitrogens with zero attached hydrogens (tertiary/aromatic N) is 2. The lowest BCUT2D eigenvalue weighted by atomic mass is 10.2. The summed E-state index contributed by atoms with van der Waals surface area (Å²) >= 11 is 0. The Balaban J connectivity index is 1.80. The van der Waals surface area contributed by atoms with Crippen LogP contribution in [0.2, 0.25) is 0 Å². The van der Waals surface area contributed by atoms with Crippen molar-refractivity contribution in [1.29, 1.82) is 0 Å². The molecular formula is C18H17N3O4S. The van der Waals surface area contributed by atoms with E-state index < -0.39 is 21.0 Å². The Kier molecular flexibility index (Phi) is 4.85. The Hall–Kier alpha value is -3.00. The third-order valence-electron chi connectivity index (χ3n) is 3.71. The molecule has 0 atom stereocenters. The second kappa shape index (κ2) is 7.09. The standard InChI is InChI=1S/C18H17N3O4S/c1-12(2)26(23,24)15-10-6-9-14(11-15)16(22)19-18-21-20-17(25-18)13-7-4-3-5-8-13/h3-12H,1-2H3,(H,19,21,22). The Morgan fingerprint density at radius 2 is 1.77 bits per heavy atom. The first-order chi connectivity index (χ1) is 12.4. The predicted molar refractivity (Wildman–Crippen MR) is 96.5 cm³/mol. The van der Waals surface area contributed by atoms with Crippen LogP contribution < -0.4 is 5.32 Å². The summed E-state index contributed by atoms with van der Waals surface area (Å²) in [5.41, 5.74) is 0.914. The number of carbonyl (C=O) groups excluding carboxylic acids is 1. The van der Waals surface area contributed by atoms with Crippen molar-refractivity contribution < 1.29 is 17.6 Å². The molecule has 1 amide bonds. The molecule has 0 unspecified atom stereocenters. The summed E-state index contributed by atoms with van der Waals surface area (Å²) in [5.74, 6) is -0.258. The lowest BCUT2D eigenvalue weighted by Crippen LogP contribution is -2.16. The van der Waals surface area contributed by atoms with Gasteiger partial charge in [-0.1, -0.05) is 29.4 Å². The van der Waals surface area contributed by atoms with Gasteiger partial charge in [-0.3, -0.25) is 10.1 Å². The molecule has 8 heteroatoms. The van der Waals surface area contributed by atoms with E-state index in [0.29, 0.717) is 0 Å². The molecule has 0 aliphatic rings. The van der Waals surface area contributed by atoms with Gasteiger partial charge in [-0.15, -0.1) is 5.10 Å². The zero-order valence-corrected chi connectivity index (χ0v) is 15.0. The minimum absolute atomic E-state index is 0.0639. The average molecular weight is 371 g/mol. The number of hydrogen-bond donors (Lipinski definition) is 1. The van der Waals surface area contributed by atoms with E-state index in [0.717, 1.165) is 5.56 Å². The van der Waals surface area contributed by atoms with Gasteiger partial charge >= 0.3 is 6.01 Å². The highest BCUT2D eigenvalue weighted by atomic mass is 32.2. The number of rotatable bonds is 5. The topological polar surface area (TPSA) is 102 Å². The van der Waals surface area contributed by atoms with Gasteiger partial charge in [0.2, 0.25) is 5.89 Å². The molecule has 3 rings (SSSR count). The Morgan fingerprint density at radius 3 is 2.46 bits per heavy atom. The minimum Gasteiger partial charge on any atom is -0.403 e. The molecule has 1 N–H and O–H groups in total. The summed E-state index contributed by atoms with van der Waals surface area (Å²) in [6.07, 6.45) is 0. The van der Waals surface area contributed by atoms with E-state index in [1.807, 2.05) is 18.2 Å². The van der Waals surface area contributed by atoms with Gasteiger partial charge in [0, 0.05) is 11.1 Å². The van der Waals surface area contributed by atoms with E-state index >= 15 is 0 Å². The number of sulfone groups is 1. The predicted octanol–water partition coefficient (Wildman–Crippen LogP) is 3.17. The molecule has 0 radical (unpaired) electrons. The van der Waals surface area contributed by atoms with Crippen LogP contribution in [0.25, 0.3) is 11.5 Å². The number of hydrogen-bond acceptors (Lipinski definition) is 6. The van der Waals surface area contributed by atoms with Crippen molar-refractivity contribution in [1.82, 2.24) is 10.2 Å². The third kappa shape index (κ3) is 3.65. The number of anilines is 1. The fourth-order valence-corrected chi connectivity index (χ4v) is 3.33. The van der Waals surface area contributed by atoms with Crippen LogP contribution in [0.15, 0.2) is 63.9 Å². The van der Waals surface area contributed by atoms with E-state index in [1.54, 1.807) is 26.0 Å². The van der Waals surface area contributed by atoms with Crippen LogP contribution in [0, 0.1) is 0 Å². The summed E-state index contributed by atoms with van der Waals surface area (Å²) in [5, 5.41) is 9.58. The minimum atomic E-state index is -3.47. The maximum Gasteiger partial charge on any atom is 0.322 e. The lowest BCUT2D eigenvalue weighted by Gasteiger charge is -2.09. The van der Waals surface area contributed by atoms with Gasteiger partial charge in [0.1, 0.15) is 0 Å². The number of aromatic nitrogens is 2. The zero-order chi connectivity index (χ0) is 18.7. The van der Waals surface area contributed by atoms with Crippen LogP contribution in [-0.2, 0) is 9.84 Å². The largest absolute Gasteiger partial charge is 0.403 e. The second-order valence-corrected chi connectivity index (χ2v) is 8.36. The molecule has 1 heterocycles. The van der Waals surface area contributed by atoms with Crippen LogP contribution >= 0.6 is 0 Å². The molecule has 0 bridgehead atoms. The second-order valence-electron chi connectivity index (χ2n) is 5.85. The zero-order valence-electron chi connectivity index (χ0n) is 14.2. The Bertz CT molecular complexity index is 1030. The van der Waals surface area contributed by atoms with Gasteiger partial charge in [-0.25, -0.2) is 8.42 Å². The Morgan fingerprint density at radius 1 is 1.04 bits per heavy atom. The van der Waals surface area contributed by atoms with Crippen LogP contribution in [0.5, 0.6) is 0 Å². The monoisotopic (exact) mass is 371 g/mol. The quantitative estimate of drug-likeness (QED) is 0.739. The number of benzene rings is 2. The first-order valence-corrected chi connectivity index (χ1v) is 9.47. The molecule has 0 aliphatic carbocycles. The maximum absolute atomic E-state index is 12.4. The normalized spacial score (nSPS) is 11.5. The van der Waals surface area contributed by atoms with Crippen LogP contribution in [0.4, 0.5) is 6.01 Å². The molecule has 134 valence electrons. The van der Waals surface area contributed by atoms with Crippen LogP contribution in [0.3, 0.4) is 0 Å².